The van der Waals surface area contributed by atoms with Gasteiger partial charge < -0.3 is 15.9 Å². The van der Waals surface area contributed by atoms with Crippen LogP contribution < -0.4 is 5.73 Å². The molecule has 0 unspecified atom stereocenters. The Kier molecular flexibility index (Phi) is 4.21. The second kappa shape index (κ2) is 4.68. The first kappa shape index (κ1) is 9.90. The van der Waals surface area contributed by atoms with E-state index < -0.39 is 11.9 Å². The maximum Gasteiger partial charge on any atom is 0.414 e. The van der Waals surface area contributed by atoms with Gasteiger partial charge in [-0.25, -0.2) is 9.59 Å². The van der Waals surface area contributed by atoms with Gasteiger partial charge in [0.05, 0.1) is 0 Å². The van der Waals surface area contributed by atoms with Crippen molar-refractivity contribution in [3.63, 3.8) is 0 Å². The summed E-state index contributed by atoms with van der Waals surface area (Å²) in [6.45, 7) is 0.917. The predicted molar refractivity (Wildman–Crippen MR) is 37.0 cm³/mol. The summed E-state index contributed by atoms with van der Waals surface area (Å²) >= 11 is 0. The van der Waals surface area contributed by atoms with Crippen LogP contribution in [0.2, 0.25) is 0 Å². The molecule has 0 amide bonds. The van der Waals surface area contributed by atoms with Crippen molar-refractivity contribution in [3.8, 4) is 0 Å². The largest absolute Gasteiger partial charge is 0.473 e. The van der Waals surface area contributed by atoms with Crippen molar-refractivity contribution < 1.29 is 19.8 Å². The molecule has 0 atom stereocenters. The van der Waals surface area contributed by atoms with Gasteiger partial charge in [0, 0.05) is 0 Å². The van der Waals surface area contributed by atoms with Crippen LogP contribution in [0, 0.1) is 5.92 Å². The Labute approximate surface area is 63.8 Å². The first-order chi connectivity index (χ1) is 5.07. The Balaban J connectivity index is 0.000000183. The summed E-state index contributed by atoms with van der Waals surface area (Å²) in [5.41, 5.74) is 5.23. The fourth-order valence-corrected chi connectivity index (χ4v) is 0.354. The van der Waals surface area contributed by atoms with Gasteiger partial charge in [-0.15, -0.1) is 0 Å². The summed E-state index contributed by atoms with van der Waals surface area (Å²) in [6.07, 6.45) is 2.77. The third-order valence-corrected chi connectivity index (χ3v) is 1.21. The molecule has 1 rings (SSSR count). The highest BCUT2D eigenvalue weighted by molar-refractivity contribution is 6.27. The normalized spacial score (nSPS) is 14.6. The van der Waals surface area contributed by atoms with Crippen molar-refractivity contribution in [1.29, 1.82) is 0 Å². The van der Waals surface area contributed by atoms with E-state index in [2.05, 4.69) is 0 Å². The van der Waals surface area contributed by atoms with Crippen molar-refractivity contribution in [1.82, 2.24) is 0 Å². The van der Waals surface area contributed by atoms with Gasteiger partial charge in [0.2, 0.25) is 0 Å². The molecular formula is C6H11NO4. The van der Waals surface area contributed by atoms with E-state index in [4.69, 9.17) is 25.5 Å². The number of carboxylic acids is 2. The first-order valence-corrected chi connectivity index (χ1v) is 3.24. The van der Waals surface area contributed by atoms with Crippen LogP contribution in [0.5, 0.6) is 0 Å². The SMILES string of the molecule is NCC1CC1.O=C(O)C(=O)O. The van der Waals surface area contributed by atoms with Crippen LogP contribution in [0.15, 0.2) is 0 Å². The van der Waals surface area contributed by atoms with E-state index in [1.807, 2.05) is 0 Å². The molecule has 0 heterocycles. The fraction of sp³-hybridized carbons (Fsp3) is 0.667. The smallest absolute Gasteiger partial charge is 0.414 e. The molecule has 0 aliphatic heterocycles. The number of hydrogen-bond donors (Lipinski definition) is 3. The lowest BCUT2D eigenvalue weighted by molar-refractivity contribution is -0.159. The molecule has 0 aromatic rings. The highest BCUT2D eigenvalue weighted by atomic mass is 16.4. The van der Waals surface area contributed by atoms with Crippen molar-refractivity contribution in [2.45, 2.75) is 12.8 Å². The second-order valence-corrected chi connectivity index (χ2v) is 2.29. The molecule has 11 heavy (non-hydrogen) atoms. The van der Waals surface area contributed by atoms with Crippen molar-refractivity contribution >= 4 is 11.9 Å². The summed E-state index contributed by atoms with van der Waals surface area (Å²) in [7, 11) is 0. The number of aliphatic carboxylic acids is 2. The van der Waals surface area contributed by atoms with Crippen LogP contribution >= 0.6 is 0 Å². The van der Waals surface area contributed by atoms with Gasteiger partial charge >= 0.3 is 11.9 Å². The highest BCUT2D eigenvalue weighted by Gasteiger charge is 2.17. The van der Waals surface area contributed by atoms with Gasteiger partial charge in [-0.2, -0.15) is 0 Å². The molecule has 64 valence electrons. The molecule has 0 radical (unpaired) electrons. The molecule has 0 bridgehead atoms. The van der Waals surface area contributed by atoms with Gasteiger partial charge in [0.1, 0.15) is 0 Å². The van der Waals surface area contributed by atoms with E-state index in [0.29, 0.717) is 0 Å². The number of rotatable bonds is 1. The zero-order valence-electron chi connectivity index (χ0n) is 5.99. The first-order valence-electron chi connectivity index (χ1n) is 3.24. The van der Waals surface area contributed by atoms with Crippen LogP contribution in [0.1, 0.15) is 12.8 Å². The number of carboxylic acid groups (broad SMARTS) is 2. The topological polar surface area (TPSA) is 101 Å². The minimum atomic E-state index is -1.82. The summed E-state index contributed by atoms with van der Waals surface area (Å²) < 4.78 is 0. The predicted octanol–water partition coefficient (Wildman–Crippen LogP) is -0.489. The van der Waals surface area contributed by atoms with E-state index >= 15 is 0 Å². The average molecular weight is 161 g/mol. The lowest BCUT2D eigenvalue weighted by Gasteiger charge is -1.74. The van der Waals surface area contributed by atoms with E-state index in [1.54, 1.807) is 0 Å². The van der Waals surface area contributed by atoms with Crippen LogP contribution in [0.25, 0.3) is 0 Å². The molecule has 0 spiro atoms. The Morgan fingerprint density at radius 3 is 1.64 bits per heavy atom. The fourth-order valence-electron chi connectivity index (χ4n) is 0.354. The number of carbonyl (C=O) groups is 2. The van der Waals surface area contributed by atoms with Crippen LogP contribution in [-0.2, 0) is 9.59 Å². The molecule has 5 heteroatoms. The lowest BCUT2D eigenvalue weighted by Crippen LogP contribution is -2.09. The highest BCUT2D eigenvalue weighted by Crippen LogP contribution is 2.26. The lowest BCUT2D eigenvalue weighted by atomic mass is 10.5. The van der Waals surface area contributed by atoms with Gasteiger partial charge in [-0.3, -0.25) is 0 Å². The Morgan fingerprint density at radius 2 is 1.64 bits per heavy atom. The van der Waals surface area contributed by atoms with Crippen molar-refractivity contribution in [3.05, 3.63) is 0 Å². The Hall–Kier alpha value is -1.10. The molecule has 1 aliphatic rings. The molecule has 0 aromatic carbocycles. The van der Waals surface area contributed by atoms with Crippen LogP contribution in [0.3, 0.4) is 0 Å². The molecule has 0 aromatic heterocycles. The van der Waals surface area contributed by atoms with Gasteiger partial charge in [0.25, 0.3) is 0 Å². The number of hydrogen-bond acceptors (Lipinski definition) is 3. The Bertz CT molecular complexity index is 141. The maximum absolute atomic E-state index is 9.10. The van der Waals surface area contributed by atoms with E-state index in [9.17, 15) is 0 Å². The molecule has 0 saturated heterocycles. The van der Waals surface area contributed by atoms with Gasteiger partial charge in [0.15, 0.2) is 0 Å². The number of nitrogens with two attached hydrogens (primary N) is 1. The second-order valence-electron chi connectivity index (χ2n) is 2.29. The molecule has 1 saturated carbocycles. The third kappa shape index (κ3) is 6.79. The summed E-state index contributed by atoms with van der Waals surface area (Å²) in [6, 6.07) is 0. The van der Waals surface area contributed by atoms with Gasteiger partial charge in [-0.1, -0.05) is 0 Å². The minimum Gasteiger partial charge on any atom is -0.473 e. The third-order valence-electron chi connectivity index (χ3n) is 1.21. The molecule has 1 aliphatic carbocycles. The van der Waals surface area contributed by atoms with Gasteiger partial charge in [-0.05, 0) is 25.3 Å². The summed E-state index contributed by atoms with van der Waals surface area (Å²) in [4.78, 5) is 18.2. The van der Waals surface area contributed by atoms with E-state index in [0.717, 1.165) is 12.5 Å². The zero-order chi connectivity index (χ0) is 8.85. The zero-order valence-corrected chi connectivity index (χ0v) is 5.99. The monoisotopic (exact) mass is 161 g/mol. The van der Waals surface area contributed by atoms with Crippen molar-refractivity contribution in [2.75, 3.05) is 6.54 Å². The van der Waals surface area contributed by atoms with Crippen LogP contribution in [-0.4, -0.2) is 28.7 Å². The Morgan fingerprint density at radius 1 is 1.27 bits per heavy atom. The maximum atomic E-state index is 9.10. The standard InChI is InChI=1S/C4H9N.C2H2O4/c5-3-4-1-2-4;3-1(4)2(5)6/h4H,1-3,5H2;(H,3,4)(H,5,6). The molecule has 5 nitrogen and oxygen atoms in total. The molecule has 4 N–H and O–H groups in total. The van der Waals surface area contributed by atoms with Crippen LogP contribution in [0.4, 0.5) is 0 Å². The average Bonchev–Trinajstić information content (AvgIpc) is 2.70. The minimum absolute atomic E-state index is 0.912. The summed E-state index contributed by atoms with van der Waals surface area (Å²) in [5, 5.41) is 14.8. The molecular weight excluding hydrogens is 150 g/mol. The van der Waals surface area contributed by atoms with E-state index in [-0.39, 0.29) is 0 Å². The summed E-state index contributed by atoms with van der Waals surface area (Å²) in [5.74, 6) is -2.74. The molecule has 1 fully saturated rings. The van der Waals surface area contributed by atoms with E-state index in [1.165, 1.54) is 12.8 Å². The van der Waals surface area contributed by atoms with Crippen molar-refractivity contribution in [2.24, 2.45) is 11.7 Å². The quantitative estimate of drug-likeness (QED) is 0.450.